The zero-order valence-corrected chi connectivity index (χ0v) is 7.85. The molecular formula is C9H11N3O3. The smallest absolute Gasteiger partial charge is 0.115 e. The highest BCUT2D eigenvalue weighted by atomic mass is 16.3. The minimum Gasteiger partial charge on any atom is -0.508 e. The van der Waals surface area contributed by atoms with Crippen molar-refractivity contribution in [2.75, 3.05) is 6.54 Å². The molecule has 0 aromatic heterocycles. The Balaban J connectivity index is 2.75. The number of rotatable bonds is 4. The normalized spacial score (nSPS) is 14.0. The van der Waals surface area contributed by atoms with Crippen LogP contribution in [0.15, 0.2) is 29.4 Å². The summed E-state index contributed by atoms with van der Waals surface area (Å²) in [5.74, 6) is 0.00235. The summed E-state index contributed by atoms with van der Waals surface area (Å²) in [4.78, 5) is 2.47. The molecule has 6 nitrogen and oxygen atoms in total. The van der Waals surface area contributed by atoms with E-state index >= 15 is 0 Å². The zero-order valence-electron chi connectivity index (χ0n) is 7.85. The maximum Gasteiger partial charge on any atom is 0.115 e. The van der Waals surface area contributed by atoms with Gasteiger partial charge in [-0.25, -0.2) is 0 Å². The summed E-state index contributed by atoms with van der Waals surface area (Å²) in [7, 11) is 0. The Morgan fingerprint density at radius 2 is 2.13 bits per heavy atom. The first-order chi connectivity index (χ1) is 7.15. The Labute approximate surface area is 86.0 Å². The van der Waals surface area contributed by atoms with Crippen molar-refractivity contribution in [3.05, 3.63) is 40.3 Å². The minimum atomic E-state index is -1.18. The first kappa shape index (κ1) is 11.3. The first-order valence-electron chi connectivity index (χ1n) is 4.31. The van der Waals surface area contributed by atoms with E-state index in [1.54, 1.807) is 12.1 Å². The number of aliphatic hydroxyl groups excluding tert-OH is 2. The van der Waals surface area contributed by atoms with Crippen molar-refractivity contribution in [1.29, 1.82) is 0 Å². The van der Waals surface area contributed by atoms with Gasteiger partial charge in [0.1, 0.15) is 11.9 Å². The average Bonchev–Trinajstić information content (AvgIpc) is 2.24. The standard InChI is InChI=1S/C9H11N3O3/c10-12-11-5-8(14)9(15)6-2-1-3-7(13)4-6/h1-4,8-9,13-15H,5H2. The van der Waals surface area contributed by atoms with E-state index in [1.807, 2.05) is 0 Å². The van der Waals surface area contributed by atoms with Crippen LogP contribution in [0.4, 0.5) is 0 Å². The summed E-state index contributed by atoms with van der Waals surface area (Å²) in [5, 5.41) is 31.3. The number of hydrogen-bond donors (Lipinski definition) is 3. The van der Waals surface area contributed by atoms with Crippen molar-refractivity contribution >= 4 is 0 Å². The third-order valence-electron chi connectivity index (χ3n) is 1.91. The molecule has 1 aromatic rings. The lowest BCUT2D eigenvalue weighted by Gasteiger charge is -2.16. The maximum absolute atomic E-state index is 9.60. The highest BCUT2D eigenvalue weighted by Crippen LogP contribution is 2.20. The molecule has 2 unspecified atom stereocenters. The third kappa shape index (κ3) is 3.14. The van der Waals surface area contributed by atoms with Crippen LogP contribution >= 0.6 is 0 Å². The largest absolute Gasteiger partial charge is 0.508 e. The highest BCUT2D eigenvalue weighted by molar-refractivity contribution is 5.29. The Kier molecular flexibility index (Phi) is 3.93. The maximum atomic E-state index is 9.60. The van der Waals surface area contributed by atoms with Crippen molar-refractivity contribution in [2.24, 2.45) is 5.11 Å². The number of phenolic OH excluding ortho intramolecular Hbond substituents is 1. The molecule has 0 aliphatic carbocycles. The van der Waals surface area contributed by atoms with Gasteiger partial charge in [-0.2, -0.15) is 0 Å². The van der Waals surface area contributed by atoms with Crippen molar-refractivity contribution < 1.29 is 15.3 Å². The van der Waals surface area contributed by atoms with E-state index in [1.165, 1.54) is 12.1 Å². The number of nitrogens with zero attached hydrogens (tertiary/aromatic N) is 3. The average molecular weight is 209 g/mol. The van der Waals surface area contributed by atoms with Crippen LogP contribution in [-0.2, 0) is 0 Å². The first-order valence-corrected chi connectivity index (χ1v) is 4.31. The molecule has 0 saturated carbocycles. The second-order valence-electron chi connectivity index (χ2n) is 3.02. The highest BCUT2D eigenvalue weighted by Gasteiger charge is 2.17. The second kappa shape index (κ2) is 5.21. The van der Waals surface area contributed by atoms with E-state index in [0.717, 1.165) is 0 Å². The fraction of sp³-hybridized carbons (Fsp3) is 0.333. The van der Waals surface area contributed by atoms with Gasteiger partial charge in [-0.05, 0) is 23.2 Å². The molecule has 3 N–H and O–H groups in total. The Hall–Kier alpha value is -1.75. The van der Waals surface area contributed by atoms with E-state index in [9.17, 15) is 10.2 Å². The van der Waals surface area contributed by atoms with Crippen molar-refractivity contribution in [3.63, 3.8) is 0 Å². The predicted octanol–water partition coefficient (Wildman–Crippen LogP) is 1.10. The molecule has 0 aliphatic heterocycles. The number of azide groups is 1. The van der Waals surface area contributed by atoms with Crippen LogP contribution < -0.4 is 0 Å². The molecule has 0 radical (unpaired) electrons. The molecule has 1 aromatic carbocycles. The van der Waals surface area contributed by atoms with Gasteiger partial charge in [-0.1, -0.05) is 17.2 Å². The van der Waals surface area contributed by atoms with E-state index in [0.29, 0.717) is 5.56 Å². The molecule has 0 saturated heterocycles. The molecule has 6 heteroatoms. The summed E-state index contributed by atoms with van der Waals surface area (Å²) in [6, 6.07) is 5.90. The van der Waals surface area contributed by atoms with Crippen molar-refractivity contribution in [3.8, 4) is 5.75 Å². The van der Waals surface area contributed by atoms with Gasteiger partial charge >= 0.3 is 0 Å². The summed E-state index contributed by atoms with van der Waals surface area (Å²) in [6.45, 7) is -0.215. The van der Waals surface area contributed by atoms with Gasteiger partial charge in [-0.15, -0.1) is 0 Å². The van der Waals surface area contributed by atoms with Crippen LogP contribution in [0.2, 0.25) is 0 Å². The molecule has 0 spiro atoms. The third-order valence-corrected chi connectivity index (χ3v) is 1.91. The lowest BCUT2D eigenvalue weighted by Crippen LogP contribution is -2.20. The Bertz CT molecular complexity index is 377. The number of benzene rings is 1. The molecule has 80 valence electrons. The minimum absolute atomic E-state index is 0.00235. The fourth-order valence-corrected chi connectivity index (χ4v) is 1.15. The molecular weight excluding hydrogens is 198 g/mol. The van der Waals surface area contributed by atoms with Crippen LogP contribution in [0.1, 0.15) is 11.7 Å². The lowest BCUT2D eigenvalue weighted by atomic mass is 10.0. The predicted molar refractivity (Wildman–Crippen MR) is 53.1 cm³/mol. The van der Waals surface area contributed by atoms with Crippen LogP contribution in [0.25, 0.3) is 10.4 Å². The second-order valence-corrected chi connectivity index (χ2v) is 3.02. The number of aromatic hydroxyl groups is 1. The van der Waals surface area contributed by atoms with Gasteiger partial charge in [0.05, 0.1) is 12.6 Å². The number of aliphatic hydroxyl groups is 2. The Morgan fingerprint density at radius 3 is 2.73 bits per heavy atom. The molecule has 0 aliphatic rings. The SMILES string of the molecule is [N-]=[N+]=NCC(O)C(O)c1cccc(O)c1. The lowest BCUT2D eigenvalue weighted by molar-refractivity contribution is 0.0243. The van der Waals surface area contributed by atoms with E-state index in [2.05, 4.69) is 10.0 Å². The molecule has 0 amide bonds. The van der Waals surface area contributed by atoms with Crippen LogP contribution in [0.5, 0.6) is 5.75 Å². The summed E-state index contributed by atoms with van der Waals surface area (Å²) in [6.07, 6.45) is -2.36. The van der Waals surface area contributed by atoms with Crippen molar-refractivity contribution in [2.45, 2.75) is 12.2 Å². The fourth-order valence-electron chi connectivity index (χ4n) is 1.15. The van der Waals surface area contributed by atoms with E-state index in [4.69, 9.17) is 10.6 Å². The number of phenols is 1. The quantitative estimate of drug-likeness (QED) is 0.392. The molecule has 0 heterocycles. The van der Waals surface area contributed by atoms with Gasteiger partial charge in [0.15, 0.2) is 0 Å². The Morgan fingerprint density at radius 1 is 1.40 bits per heavy atom. The summed E-state index contributed by atoms with van der Waals surface area (Å²) >= 11 is 0. The summed E-state index contributed by atoms with van der Waals surface area (Å²) in [5.41, 5.74) is 8.41. The summed E-state index contributed by atoms with van der Waals surface area (Å²) < 4.78 is 0. The molecule has 15 heavy (non-hydrogen) atoms. The molecule has 1 rings (SSSR count). The van der Waals surface area contributed by atoms with Gasteiger partial charge in [0, 0.05) is 4.91 Å². The van der Waals surface area contributed by atoms with Crippen molar-refractivity contribution in [1.82, 2.24) is 0 Å². The van der Waals surface area contributed by atoms with Gasteiger partial charge in [0.25, 0.3) is 0 Å². The van der Waals surface area contributed by atoms with E-state index < -0.39 is 12.2 Å². The van der Waals surface area contributed by atoms with Crippen LogP contribution in [0, 0.1) is 0 Å². The van der Waals surface area contributed by atoms with Gasteiger partial charge in [-0.3, -0.25) is 0 Å². The van der Waals surface area contributed by atoms with Gasteiger partial charge in [0.2, 0.25) is 0 Å². The topological polar surface area (TPSA) is 109 Å². The number of hydrogen-bond acceptors (Lipinski definition) is 4. The molecule has 0 bridgehead atoms. The van der Waals surface area contributed by atoms with Gasteiger partial charge < -0.3 is 15.3 Å². The van der Waals surface area contributed by atoms with Crippen LogP contribution in [-0.4, -0.2) is 28.0 Å². The monoisotopic (exact) mass is 209 g/mol. The molecule has 2 atom stereocenters. The zero-order chi connectivity index (χ0) is 11.3. The van der Waals surface area contributed by atoms with Crippen LogP contribution in [0.3, 0.4) is 0 Å². The van der Waals surface area contributed by atoms with E-state index in [-0.39, 0.29) is 12.3 Å². The molecule has 0 fully saturated rings.